The predicted molar refractivity (Wildman–Crippen MR) is 75.8 cm³/mol. The number of hydrogen-bond acceptors (Lipinski definition) is 3. The van der Waals surface area contributed by atoms with Crippen LogP contribution in [0.3, 0.4) is 0 Å². The van der Waals surface area contributed by atoms with Crippen molar-refractivity contribution in [2.75, 3.05) is 0 Å². The average molecular weight is 327 g/mol. The van der Waals surface area contributed by atoms with Gasteiger partial charge in [0, 0.05) is 29.2 Å². The van der Waals surface area contributed by atoms with Crippen molar-refractivity contribution in [1.82, 2.24) is 15.2 Å². The molecule has 2 rings (SSSR count). The molecule has 0 fully saturated rings. The van der Waals surface area contributed by atoms with Gasteiger partial charge in [-0.3, -0.25) is 16.0 Å². The molecule has 6 heteroatoms. The summed E-state index contributed by atoms with van der Waals surface area (Å²) in [6.45, 7) is 1.92. The van der Waals surface area contributed by atoms with Crippen molar-refractivity contribution in [1.29, 1.82) is 0 Å². The molecule has 3 N–H and O–H groups in total. The normalized spacial score (nSPS) is 12.7. The molecule has 1 atom stereocenters. The second-order valence-corrected chi connectivity index (χ2v) is 5.41. The van der Waals surface area contributed by atoms with Crippen molar-refractivity contribution in [3.63, 3.8) is 0 Å². The molecular formula is C13H16BrFN4. The van der Waals surface area contributed by atoms with E-state index in [0.717, 1.165) is 15.9 Å². The quantitative estimate of drug-likeness (QED) is 0.670. The Morgan fingerprint density at radius 1 is 1.47 bits per heavy atom. The largest absolute Gasteiger partial charge is 0.272 e. The monoisotopic (exact) mass is 326 g/mol. The summed E-state index contributed by atoms with van der Waals surface area (Å²) in [5, 5.41) is 4.28. The molecule has 0 aliphatic rings. The molecule has 19 heavy (non-hydrogen) atoms. The molecule has 0 spiro atoms. The molecule has 0 saturated heterocycles. The first-order valence-electron chi connectivity index (χ1n) is 5.92. The molecule has 4 nitrogen and oxygen atoms in total. The van der Waals surface area contributed by atoms with Crippen LogP contribution in [0.25, 0.3) is 0 Å². The van der Waals surface area contributed by atoms with E-state index in [0.29, 0.717) is 12.0 Å². The van der Waals surface area contributed by atoms with Crippen LogP contribution in [0, 0.1) is 12.7 Å². The zero-order valence-electron chi connectivity index (χ0n) is 10.8. The van der Waals surface area contributed by atoms with Gasteiger partial charge in [0.25, 0.3) is 0 Å². The molecular weight excluding hydrogens is 311 g/mol. The smallest absolute Gasteiger partial charge is 0.128 e. The summed E-state index contributed by atoms with van der Waals surface area (Å²) in [7, 11) is 1.87. The summed E-state index contributed by atoms with van der Waals surface area (Å²) in [6, 6.07) is 6.51. The van der Waals surface area contributed by atoms with Crippen LogP contribution in [0.5, 0.6) is 0 Å². The zero-order chi connectivity index (χ0) is 14.0. The van der Waals surface area contributed by atoms with Gasteiger partial charge in [-0.05, 0) is 31.2 Å². The summed E-state index contributed by atoms with van der Waals surface area (Å²) in [4.78, 5) is 0. The molecule has 0 saturated carbocycles. The van der Waals surface area contributed by atoms with Gasteiger partial charge < -0.3 is 0 Å². The van der Waals surface area contributed by atoms with E-state index in [2.05, 4.69) is 26.5 Å². The fourth-order valence-electron chi connectivity index (χ4n) is 2.10. The lowest BCUT2D eigenvalue weighted by Gasteiger charge is -2.17. The van der Waals surface area contributed by atoms with Crippen LogP contribution in [-0.4, -0.2) is 9.78 Å². The molecule has 1 heterocycles. The van der Waals surface area contributed by atoms with E-state index in [1.165, 1.54) is 6.07 Å². The van der Waals surface area contributed by atoms with Crippen molar-refractivity contribution in [3.8, 4) is 0 Å². The van der Waals surface area contributed by atoms with Crippen LogP contribution in [-0.2, 0) is 13.5 Å². The van der Waals surface area contributed by atoms with Gasteiger partial charge >= 0.3 is 0 Å². The molecule has 0 bridgehead atoms. The lowest BCUT2D eigenvalue weighted by molar-refractivity contribution is 0.497. The van der Waals surface area contributed by atoms with Crippen LogP contribution < -0.4 is 11.3 Å². The summed E-state index contributed by atoms with van der Waals surface area (Å²) < 4.78 is 16.5. The summed E-state index contributed by atoms with van der Waals surface area (Å²) in [6.07, 6.45) is 0.571. The topological polar surface area (TPSA) is 55.9 Å². The van der Waals surface area contributed by atoms with Crippen LogP contribution >= 0.6 is 15.9 Å². The van der Waals surface area contributed by atoms with E-state index in [9.17, 15) is 4.39 Å². The number of hydrogen-bond donors (Lipinski definition) is 2. The van der Waals surface area contributed by atoms with Gasteiger partial charge in [-0.1, -0.05) is 15.9 Å². The van der Waals surface area contributed by atoms with Crippen LogP contribution in [0.2, 0.25) is 0 Å². The summed E-state index contributed by atoms with van der Waals surface area (Å²) in [5.41, 5.74) is 5.14. The number of hydrazine groups is 1. The maximum atomic E-state index is 13.9. The minimum Gasteiger partial charge on any atom is -0.272 e. The number of benzene rings is 1. The second kappa shape index (κ2) is 5.81. The number of aryl methyl sites for hydroxylation is 2. The number of nitrogens with two attached hydrogens (primary N) is 1. The highest BCUT2D eigenvalue weighted by molar-refractivity contribution is 9.10. The van der Waals surface area contributed by atoms with Crippen molar-refractivity contribution >= 4 is 15.9 Å². The summed E-state index contributed by atoms with van der Waals surface area (Å²) >= 11 is 3.35. The Balaban J connectivity index is 2.30. The Labute approximate surface area is 119 Å². The molecule has 102 valence electrons. The SMILES string of the molecule is Cc1cc(CC(NN)c2cc(Br)ccc2F)n(C)n1. The first-order valence-corrected chi connectivity index (χ1v) is 6.71. The molecule has 0 radical (unpaired) electrons. The standard InChI is InChI=1S/C13H16BrFN4/c1-8-5-10(19(2)18-8)7-13(17-16)11-6-9(14)3-4-12(11)15/h3-6,13,17H,7,16H2,1-2H3. The Hall–Kier alpha value is -1.24. The first kappa shape index (κ1) is 14.2. The van der Waals surface area contributed by atoms with E-state index in [1.54, 1.807) is 16.8 Å². The maximum absolute atomic E-state index is 13.9. The first-order chi connectivity index (χ1) is 9.01. The maximum Gasteiger partial charge on any atom is 0.128 e. The third-order valence-electron chi connectivity index (χ3n) is 3.05. The number of nitrogens with zero attached hydrogens (tertiary/aromatic N) is 2. The zero-order valence-corrected chi connectivity index (χ0v) is 12.4. The van der Waals surface area contributed by atoms with Gasteiger partial charge in [-0.25, -0.2) is 4.39 Å². The van der Waals surface area contributed by atoms with E-state index < -0.39 is 0 Å². The van der Waals surface area contributed by atoms with Gasteiger partial charge in [-0.15, -0.1) is 0 Å². The Bertz CT molecular complexity index is 582. The minimum absolute atomic E-state index is 0.273. The van der Waals surface area contributed by atoms with Crippen LogP contribution in [0.4, 0.5) is 4.39 Å². The second-order valence-electron chi connectivity index (χ2n) is 4.49. The van der Waals surface area contributed by atoms with E-state index in [4.69, 9.17) is 5.84 Å². The third-order valence-corrected chi connectivity index (χ3v) is 3.54. The predicted octanol–water partition coefficient (Wildman–Crippen LogP) is 2.38. The van der Waals surface area contributed by atoms with Gasteiger partial charge in [-0.2, -0.15) is 5.10 Å². The van der Waals surface area contributed by atoms with Crippen molar-refractivity contribution < 1.29 is 4.39 Å². The third kappa shape index (κ3) is 3.20. The van der Waals surface area contributed by atoms with Crippen molar-refractivity contribution in [2.24, 2.45) is 12.9 Å². The van der Waals surface area contributed by atoms with Crippen molar-refractivity contribution in [3.05, 3.63) is 51.5 Å². The van der Waals surface area contributed by atoms with Crippen LogP contribution in [0.15, 0.2) is 28.7 Å². The fourth-order valence-corrected chi connectivity index (χ4v) is 2.48. The van der Waals surface area contributed by atoms with E-state index in [1.807, 2.05) is 20.0 Å². The highest BCUT2D eigenvalue weighted by atomic mass is 79.9. The van der Waals surface area contributed by atoms with E-state index >= 15 is 0 Å². The highest BCUT2D eigenvalue weighted by Crippen LogP contribution is 2.24. The van der Waals surface area contributed by atoms with Gasteiger partial charge in [0.05, 0.1) is 11.7 Å². The van der Waals surface area contributed by atoms with Gasteiger partial charge in [0.15, 0.2) is 0 Å². The molecule has 0 amide bonds. The molecule has 1 unspecified atom stereocenters. The average Bonchev–Trinajstić information content (AvgIpc) is 2.68. The Morgan fingerprint density at radius 3 is 2.79 bits per heavy atom. The van der Waals surface area contributed by atoms with Gasteiger partial charge in [0.1, 0.15) is 5.82 Å². The molecule has 0 aliphatic heterocycles. The van der Waals surface area contributed by atoms with Crippen molar-refractivity contribution in [2.45, 2.75) is 19.4 Å². The minimum atomic E-state index is -0.299. The Kier molecular flexibility index (Phi) is 4.34. The Morgan fingerprint density at radius 2 is 2.21 bits per heavy atom. The lowest BCUT2D eigenvalue weighted by atomic mass is 10.0. The number of rotatable bonds is 4. The lowest BCUT2D eigenvalue weighted by Crippen LogP contribution is -2.30. The fraction of sp³-hybridized carbons (Fsp3) is 0.308. The number of halogens is 2. The summed E-state index contributed by atoms with van der Waals surface area (Å²) in [5.74, 6) is 5.29. The highest BCUT2D eigenvalue weighted by Gasteiger charge is 2.17. The number of aromatic nitrogens is 2. The number of nitrogens with one attached hydrogen (secondary N) is 1. The molecule has 1 aromatic carbocycles. The molecule has 2 aromatic rings. The van der Waals surface area contributed by atoms with Gasteiger partial charge in [0.2, 0.25) is 0 Å². The molecule has 1 aromatic heterocycles. The molecule has 0 aliphatic carbocycles. The van der Waals surface area contributed by atoms with Crippen LogP contribution in [0.1, 0.15) is 23.0 Å². The van der Waals surface area contributed by atoms with E-state index in [-0.39, 0.29) is 11.9 Å².